The molecule has 0 saturated heterocycles. The first kappa shape index (κ1) is 10.3. The third-order valence-electron chi connectivity index (χ3n) is 2.93. The summed E-state index contributed by atoms with van der Waals surface area (Å²) in [5.41, 5.74) is 6.51. The summed E-state index contributed by atoms with van der Waals surface area (Å²) in [4.78, 5) is 0. The van der Waals surface area contributed by atoms with E-state index in [0.29, 0.717) is 11.7 Å². The van der Waals surface area contributed by atoms with Crippen molar-refractivity contribution in [1.82, 2.24) is 9.78 Å². The Morgan fingerprint density at radius 2 is 2.40 bits per heavy atom. The van der Waals surface area contributed by atoms with Crippen molar-refractivity contribution in [3.63, 3.8) is 0 Å². The number of nitrogens with two attached hydrogens (primary N) is 1. The Morgan fingerprint density at radius 1 is 1.60 bits per heavy atom. The molecule has 2 rings (SSSR count). The molecular formula is C10H18N4O. The number of aromatic nitrogens is 2. The molecule has 5 heteroatoms. The standard InChI is InChI=1S/C10H18N4O/c1-14-6-7(11)10(13-14)12-8-4-3-5-9(8)15-2/h6,8-9H,3-5,11H2,1-2H3,(H,12,13). The number of rotatable bonds is 3. The van der Waals surface area contributed by atoms with Crippen LogP contribution in [0.3, 0.4) is 0 Å². The molecule has 1 saturated carbocycles. The van der Waals surface area contributed by atoms with Crippen LogP contribution in [0.4, 0.5) is 11.5 Å². The van der Waals surface area contributed by atoms with Crippen LogP contribution in [0.25, 0.3) is 0 Å². The molecule has 1 heterocycles. The van der Waals surface area contributed by atoms with Crippen LogP contribution < -0.4 is 11.1 Å². The highest BCUT2D eigenvalue weighted by atomic mass is 16.5. The van der Waals surface area contributed by atoms with Gasteiger partial charge in [-0.05, 0) is 19.3 Å². The van der Waals surface area contributed by atoms with Crippen molar-refractivity contribution in [2.45, 2.75) is 31.4 Å². The summed E-state index contributed by atoms with van der Waals surface area (Å²) in [7, 11) is 3.62. The Hall–Kier alpha value is -1.23. The first-order valence-corrected chi connectivity index (χ1v) is 5.29. The van der Waals surface area contributed by atoms with Crippen molar-refractivity contribution in [1.29, 1.82) is 0 Å². The molecule has 0 aromatic carbocycles. The number of anilines is 2. The summed E-state index contributed by atoms with van der Waals surface area (Å²) in [6.07, 6.45) is 5.52. The lowest BCUT2D eigenvalue weighted by Crippen LogP contribution is -2.30. The van der Waals surface area contributed by atoms with Gasteiger partial charge in [0.1, 0.15) is 0 Å². The largest absolute Gasteiger partial charge is 0.394 e. The molecule has 1 aromatic heterocycles. The van der Waals surface area contributed by atoms with Gasteiger partial charge in [0.2, 0.25) is 0 Å². The second kappa shape index (κ2) is 4.10. The monoisotopic (exact) mass is 210 g/mol. The van der Waals surface area contributed by atoms with Crippen LogP contribution in [0.15, 0.2) is 6.20 Å². The van der Waals surface area contributed by atoms with E-state index in [1.807, 2.05) is 7.05 Å². The van der Waals surface area contributed by atoms with E-state index < -0.39 is 0 Å². The predicted molar refractivity (Wildman–Crippen MR) is 59.7 cm³/mol. The fraction of sp³-hybridized carbons (Fsp3) is 0.700. The summed E-state index contributed by atoms with van der Waals surface area (Å²) < 4.78 is 7.12. The molecule has 2 atom stereocenters. The Bertz CT molecular complexity index is 336. The van der Waals surface area contributed by atoms with Crippen molar-refractivity contribution < 1.29 is 4.74 Å². The van der Waals surface area contributed by atoms with E-state index >= 15 is 0 Å². The van der Waals surface area contributed by atoms with Crippen molar-refractivity contribution in [2.75, 3.05) is 18.2 Å². The first-order valence-electron chi connectivity index (χ1n) is 5.29. The molecular weight excluding hydrogens is 192 g/mol. The number of aryl methyl sites for hydroxylation is 1. The van der Waals surface area contributed by atoms with Crippen molar-refractivity contribution in [2.24, 2.45) is 7.05 Å². The van der Waals surface area contributed by atoms with E-state index in [1.54, 1.807) is 18.0 Å². The third kappa shape index (κ3) is 2.07. The summed E-state index contributed by atoms with van der Waals surface area (Å²) in [5, 5.41) is 7.62. The normalized spacial score (nSPS) is 25.7. The highest BCUT2D eigenvalue weighted by Gasteiger charge is 2.27. The topological polar surface area (TPSA) is 65.1 Å². The molecule has 1 aromatic rings. The Labute approximate surface area is 89.6 Å². The van der Waals surface area contributed by atoms with E-state index in [-0.39, 0.29) is 6.10 Å². The lowest BCUT2D eigenvalue weighted by molar-refractivity contribution is 0.101. The van der Waals surface area contributed by atoms with Crippen LogP contribution in [0, 0.1) is 0 Å². The molecule has 3 N–H and O–H groups in total. The van der Waals surface area contributed by atoms with Gasteiger partial charge in [0.15, 0.2) is 5.82 Å². The van der Waals surface area contributed by atoms with Crippen molar-refractivity contribution >= 4 is 11.5 Å². The fourth-order valence-electron chi connectivity index (χ4n) is 2.17. The summed E-state index contributed by atoms with van der Waals surface area (Å²) in [6, 6.07) is 0.340. The molecule has 0 spiro atoms. The summed E-state index contributed by atoms with van der Waals surface area (Å²) in [5.74, 6) is 0.770. The first-order chi connectivity index (χ1) is 7.20. The van der Waals surface area contributed by atoms with E-state index in [9.17, 15) is 0 Å². The van der Waals surface area contributed by atoms with Gasteiger partial charge in [-0.2, -0.15) is 5.10 Å². The maximum Gasteiger partial charge on any atom is 0.171 e. The molecule has 1 aliphatic carbocycles. The van der Waals surface area contributed by atoms with E-state index in [1.165, 1.54) is 6.42 Å². The van der Waals surface area contributed by atoms with Gasteiger partial charge in [0.05, 0.1) is 17.8 Å². The van der Waals surface area contributed by atoms with Crippen LogP contribution in [-0.4, -0.2) is 29.0 Å². The SMILES string of the molecule is COC1CCCC1Nc1nn(C)cc1N. The Balaban J connectivity index is 2.05. The molecule has 5 nitrogen and oxygen atoms in total. The van der Waals surface area contributed by atoms with Gasteiger partial charge in [-0.1, -0.05) is 0 Å². The van der Waals surface area contributed by atoms with E-state index in [0.717, 1.165) is 18.7 Å². The van der Waals surface area contributed by atoms with Gasteiger partial charge in [-0.3, -0.25) is 4.68 Å². The number of nitrogens with one attached hydrogen (secondary N) is 1. The van der Waals surface area contributed by atoms with E-state index in [4.69, 9.17) is 10.5 Å². The molecule has 0 bridgehead atoms. The third-order valence-corrected chi connectivity index (χ3v) is 2.93. The lowest BCUT2D eigenvalue weighted by Gasteiger charge is -2.19. The van der Waals surface area contributed by atoms with Crippen LogP contribution >= 0.6 is 0 Å². The minimum absolute atomic E-state index is 0.284. The number of ether oxygens (including phenoxy) is 1. The van der Waals surface area contributed by atoms with E-state index in [2.05, 4.69) is 10.4 Å². The molecule has 0 radical (unpaired) electrons. The summed E-state index contributed by atoms with van der Waals surface area (Å²) in [6.45, 7) is 0. The zero-order valence-electron chi connectivity index (χ0n) is 9.23. The number of hydrogen-bond donors (Lipinski definition) is 2. The molecule has 1 aliphatic rings. The van der Waals surface area contributed by atoms with Gasteiger partial charge in [0.25, 0.3) is 0 Å². The van der Waals surface area contributed by atoms with Gasteiger partial charge in [-0.25, -0.2) is 0 Å². The predicted octanol–water partition coefficient (Wildman–Crippen LogP) is 0.982. The zero-order chi connectivity index (χ0) is 10.8. The Morgan fingerprint density at radius 3 is 3.00 bits per heavy atom. The van der Waals surface area contributed by atoms with Crippen LogP contribution in [-0.2, 0) is 11.8 Å². The molecule has 1 fully saturated rings. The lowest BCUT2D eigenvalue weighted by atomic mass is 10.2. The van der Waals surface area contributed by atoms with Gasteiger partial charge in [-0.15, -0.1) is 0 Å². The second-order valence-corrected chi connectivity index (χ2v) is 4.06. The molecule has 15 heavy (non-hydrogen) atoms. The van der Waals surface area contributed by atoms with Crippen molar-refractivity contribution in [3.05, 3.63) is 6.20 Å². The maximum atomic E-state index is 5.82. The maximum absolute atomic E-state index is 5.82. The number of nitrogen functional groups attached to an aromatic ring is 1. The van der Waals surface area contributed by atoms with Crippen LogP contribution in [0.2, 0.25) is 0 Å². The summed E-state index contributed by atoms with van der Waals surface area (Å²) >= 11 is 0. The number of nitrogens with zero attached hydrogens (tertiary/aromatic N) is 2. The van der Waals surface area contributed by atoms with Gasteiger partial charge < -0.3 is 15.8 Å². The fourth-order valence-corrected chi connectivity index (χ4v) is 2.17. The number of hydrogen-bond acceptors (Lipinski definition) is 4. The second-order valence-electron chi connectivity index (χ2n) is 4.06. The van der Waals surface area contributed by atoms with Gasteiger partial charge in [0, 0.05) is 20.4 Å². The Kier molecular flexibility index (Phi) is 2.81. The molecule has 0 amide bonds. The minimum atomic E-state index is 0.284. The molecule has 0 aliphatic heterocycles. The minimum Gasteiger partial charge on any atom is -0.394 e. The van der Waals surface area contributed by atoms with Crippen LogP contribution in [0.1, 0.15) is 19.3 Å². The van der Waals surface area contributed by atoms with Crippen molar-refractivity contribution in [3.8, 4) is 0 Å². The zero-order valence-corrected chi connectivity index (χ0v) is 9.23. The average molecular weight is 210 g/mol. The van der Waals surface area contributed by atoms with Gasteiger partial charge >= 0.3 is 0 Å². The van der Waals surface area contributed by atoms with Crippen LogP contribution in [0.5, 0.6) is 0 Å². The highest BCUT2D eigenvalue weighted by Crippen LogP contribution is 2.26. The highest BCUT2D eigenvalue weighted by molar-refractivity contribution is 5.60. The molecule has 2 unspecified atom stereocenters. The quantitative estimate of drug-likeness (QED) is 0.780. The average Bonchev–Trinajstić information content (AvgIpc) is 2.74. The molecule has 84 valence electrons. The smallest absolute Gasteiger partial charge is 0.171 e. The number of methoxy groups -OCH3 is 1.